The van der Waals surface area contributed by atoms with Crippen molar-refractivity contribution in [3.8, 4) is 0 Å². The summed E-state index contributed by atoms with van der Waals surface area (Å²) in [6.07, 6.45) is 1.88. The van der Waals surface area contributed by atoms with Crippen molar-refractivity contribution in [1.29, 1.82) is 0 Å². The van der Waals surface area contributed by atoms with E-state index in [-0.39, 0.29) is 6.04 Å². The predicted octanol–water partition coefficient (Wildman–Crippen LogP) is 2.66. The smallest absolute Gasteiger partial charge is 0.0484 e. The highest BCUT2D eigenvalue weighted by Gasteiger charge is 2.09. The van der Waals surface area contributed by atoms with Crippen LogP contribution in [0.25, 0.3) is 0 Å². The van der Waals surface area contributed by atoms with Crippen molar-refractivity contribution >= 4 is 11.6 Å². The van der Waals surface area contributed by atoms with Crippen molar-refractivity contribution in [3.63, 3.8) is 0 Å². The molecule has 4 heteroatoms. The number of rotatable bonds is 7. The molecule has 90 valence electrons. The Morgan fingerprint density at radius 3 is 2.88 bits per heavy atom. The van der Waals surface area contributed by atoms with E-state index >= 15 is 0 Å². The highest BCUT2D eigenvalue weighted by molar-refractivity contribution is 6.30. The molecule has 1 aromatic rings. The molecule has 0 bridgehead atoms. The van der Waals surface area contributed by atoms with Gasteiger partial charge >= 0.3 is 0 Å². The van der Waals surface area contributed by atoms with Crippen LogP contribution in [0.3, 0.4) is 0 Å². The Kier molecular flexibility index (Phi) is 6.42. The van der Waals surface area contributed by atoms with Gasteiger partial charge in [0.15, 0.2) is 0 Å². The first-order valence-corrected chi connectivity index (χ1v) is 5.95. The van der Waals surface area contributed by atoms with E-state index in [0.29, 0.717) is 6.61 Å². The molecule has 0 aliphatic heterocycles. The van der Waals surface area contributed by atoms with Crippen LogP contribution < -0.4 is 11.3 Å². The van der Waals surface area contributed by atoms with Crippen LogP contribution in [0.15, 0.2) is 24.3 Å². The standard InChI is InChI=1S/C12H19ClN2O/c1-2-7-16-8-6-12(15-14)10-4-3-5-11(13)9-10/h3-5,9,12,15H,2,6-8,14H2,1H3. The summed E-state index contributed by atoms with van der Waals surface area (Å²) in [5.74, 6) is 5.52. The number of nitrogens with one attached hydrogen (secondary N) is 1. The predicted molar refractivity (Wildman–Crippen MR) is 67.2 cm³/mol. The van der Waals surface area contributed by atoms with Gasteiger partial charge in [-0.3, -0.25) is 11.3 Å². The summed E-state index contributed by atoms with van der Waals surface area (Å²) >= 11 is 5.93. The first-order chi connectivity index (χ1) is 7.77. The van der Waals surface area contributed by atoms with Crippen molar-refractivity contribution in [2.75, 3.05) is 13.2 Å². The summed E-state index contributed by atoms with van der Waals surface area (Å²) < 4.78 is 5.44. The molecule has 1 unspecified atom stereocenters. The second-order valence-electron chi connectivity index (χ2n) is 3.68. The van der Waals surface area contributed by atoms with Crippen molar-refractivity contribution in [2.24, 2.45) is 5.84 Å². The maximum absolute atomic E-state index is 5.93. The quantitative estimate of drug-likeness (QED) is 0.439. The Balaban J connectivity index is 2.47. The van der Waals surface area contributed by atoms with Gasteiger partial charge in [0.05, 0.1) is 0 Å². The SMILES string of the molecule is CCCOCCC(NN)c1cccc(Cl)c1. The lowest BCUT2D eigenvalue weighted by molar-refractivity contribution is 0.124. The molecule has 0 heterocycles. The Morgan fingerprint density at radius 2 is 2.25 bits per heavy atom. The number of nitrogens with two attached hydrogens (primary N) is 1. The van der Waals surface area contributed by atoms with Crippen molar-refractivity contribution in [1.82, 2.24) is 5.43 Å². The molecule has 0 radical (unpaired) electrons. The van der Waals surface area contributed by atoms with Crippen molar-refractivity contribution in [2.45, 2.75) is 25.8 Å². The molecule has 1 rings (SSSR count). The van der Waals surface area contributed by atoms with Gasteiger partial charge in [0, 0.05) is 24.3 Å². The summed E-state index contributed by atoms with van der Waals surface area (Å²) in [5, 5.41) is 0.729. The van der Waals surface area contributed by atoms with Crippen LogP contribution in [0.5, 0.6) is 0 Å². The van der Waals surface area contributed by atoms with Crippen molar-refractivity contribution in [3.05, 3.63) is 34.9 Å². The van der Waals surface area contributed by atoms with E-state index in [0.717, 1.165) is 30.0 Å². The molecule has 0 saturated heterocycles. The third-order valence-corrected chi connectivity index (χ3v) is 2.59. The summed E-state index contributed by atoms with van der Waals surface area (Å²) in [7, 11) is 0. The highest BCUT2D eigenvalue weighted by Crippen LogP contribution is 2.19. The number of hydrazine groups is 1. The van der Waals surface area contributed by atoms with E-state index in [2.05, 4.69) is 12.3 Å². The van der Waals surface area contributed by atoms with Gasteiger partial charge in [0.2, 0.25) is 0 Å². The normalized spacial score (nSPS) is 12.7. The Hall–Kier alpha value is -0.610. The summed E-state index contributed by atoms with van der Waals surface area (Å²) in [6, 6.07) is 7.80. The fourth-order valence-electron chi connectivity index (χ4n) is 1.52. The van der Waals surface area contributed by atoms with E-state index < -0.39 is 0 Å². The topological polar surface area (TPSA) is 47.3 Å². The van der Waals surface area contributed by atoms with Gasteiger partial charge in [0.1, 0.15) is 0 Å². The molecule has 1 atom stereocenters. The summed E-state index contributed by atoms with van der Waals surface area (Å²) in [4.78, 5) is 0. The molecule has 0 amide bonds. The molecular weight excluding hydrogens is 224 g/mol. The zero-order valence-corrected chi connectivity index (χ0v) is 10.3. The lowest BCUT2D eigenvalue weighted by atomic mass is 10.1. The van der Waals surface area contributed by atoms with Crippen LogP contribution in [0.2, 0.25) is 5.02 Å². The van der Waals surface area contributed by atoms with Crippen LogP contribution in [0, 0.1) is 0 Å². The van der Waals surface area contributed by atoms with Crippen LogP contribution in [0.4, 0.5) is 0 Å². The van der Waals surface area contributed by atoms with E-state index in [4.69, 9.17) is 22.2 Å². The Bertz CT molecular complexity index is 307. The fourth-order valence-corrected chi connectivity index (χ4v) is 1.72. The molecule has 16 heavy (non-hydrogen) atoms. The van der Waals surface area contributed by atoms with Gasteiger partial charge in [-0.25, -0.2) is 0 Å². The average Bonchev–Trinajstić information content (AvgIpc) is 2.29. The Labute approximate surface area is 102 Å². The van der Waals surface area contributed by atoms with Crippen LogP contribution in [-0.2, 0) is 4.74 Å². The lowest BCUT2D eigenvalue weighted by Gasteiger charge is -2.16. The molecule has 0 aromatic heterocycles. The minimum atomic E-state index is 0.0931. The van der Waals surface area contributed by atoms with E-state index in [1.807, 2.05) is 24.3 Å². The molecule has 3 N–H and O–H groups in total. The molecular formula is C12H19ClN2O. The van der Waals surface area contributed by atoms with E-state index in [1.54, 1.807) is 0 Å². The zero-order valence-electron chi connectivity index (χ0n) is 9.58. The second kappa shape index (κ2) is 7.63. The van der Waals surface area contributed by atoms with Crippen LogP contribution >= 0.6 is 11.6 Å². The maximum atomic E-state index is 5.93. The van der Waals surface area contributed by atoms with E-state index in [9.17, 15) is 0 Å². The molecule has 0 spiro atoms. The van der Waals surface area contributed by atoms with Gasteiger partial charge < -0.3 is 4.74 Å². The number of benzene rings is 1. The molecule has 0 fully saturated rings. The first-order valence-electron chi connectivity index (χ1n) is 5.57. The highest BCUT2D eigenvalue weighted by atomic mass is 35.5. The minimum Gasteiger partial charge on any atom is -0.381 e. The number of halogens is 1. The molecule has 0 aliphatic carbocycles. The van der Waals surface area contributed by atoms with Crippen LogP contribution in [-0.4, -0.2) is 13.2 Å². The minimum absolute atomic E-state index is 0.0931. The first kappa shape index (κ1) is 13.5. The Morgan fingerprint density at radius 1 is 1.44 bits per heavy atom. The number of hydrogen-bond acceptors (Lipinski definition) is 3. The van der Waals surface area contributed by atoms with Gasteiger partial charge in [-0.15, -0.1) is 0 Å². The fraction of sp³-hybridized carbons (Fsp3) is 0.500. The van der Waals surface area contributed by atoms with E-state index in [1.165, 1.54) is 0 Å². The lowest BCUT2D eigenvalue weighted by Crippen LogP contribution is -2.29. The molecule has 0 saturated carbocycles. The number of hydrogen-bond donors (Lipinski definition) is 2. The van der Waals surface area contributed by atoms with Gasteiger partial charge in [-0.1, -0.05) is 30.7 Å². The molecule has 3 nitrogen and oxygen atoms in total. The third-order valence-electron chi connectivity index (χ3n) is 2.35. The largest absolute Gasteiger partial charge is 0.381 e. The summed E-state index contributed by atoms with van der Waals surface area (Å²) in [6.45, 7) is 3.59. The zero-order chi connectivity index (χ0) is 11.8. The second-order valence-corrected chi connectivity index (χ2v) is 4.11. The monoisotopic (exact) mass is 242 g/mol. The average molecular weight is 243 g/mol. The van der Waals surface area contributed by atoms with Gasteiger partial charge in [-0.05, 0) is 30.5 Å². The third kappa shape index (κ3) is 4.49. The van der Waals surface area contributed by atoms with Gasteiger partial charge in [0.25, 0.3) is 0 Å². The van der Waals surface area contributed by atoms with Crippen LogP contribution in [0.1, 0.15) is 31.4 Å². The number of ether oxygens (including phenoxy) is 1. The molecule has 1 aromatic carbocycles. The van der Waals surface area contributed by atoms with Crippen molar-refractivity contribution < 1.29 is 4.74 Å². The summed E-state index contributed by atoms with van der Waals surface area (Å²) in [5.41, 5.74) is 3.88. The van der Waals surface area contributed by atoms with Gasteiger partial charge in [-0.2, -0.15) is 0 Å². The molecule has 0 aliphatic rings. The maximum Gasteiger partial charge on any atom is 0.0484 e.